The molecule has 1 aromatic carbocycles. The maximum atomic E-state index is 12.8. The van der Waals surface area contributed by atoms with E-state index in [2.05, 4.69) is 49.2 Å². The average Bonchev–Trinajstić information content (AvgIpc) is 3.40. The molecule has 3 aromatic heterocycles. The molecule has 0 unspecified atom stereocenters. The van der Waals surface area contributed by atoms with E-state index in [9.17, 15) is 13.2 Å². The van der Waals surface area contributed by atoms with Gasteiger partial charge in [0, 0.05) is 36.6 Å². The highest BCUT2D eigenvalue weighted by Gasteiger charge is 2.30. The maximum absolute atomic E-state index is 12.8. The topological polar surface area (TPSA) is 93.5 Å². The summed E-state index contributed by atoms with van der Waals surface area (Å²) in [4.78, 5) is 18.5. The molecule has 0 spiro atoms. The molecule has 0 amide bonds. The minimum Gasteiger partial charge on any atom is -0.365 e. The van der Waals surface area contributed by atoms with Crippen molar-refractivity contribution in [3.05, 3.63) is 46.4 Å². The van der Waals surface area contributed by atoms with Crippen molar-refractivity contribution in [3.63, 3.8) is 0 Å². The van der Waals surface area contributed by atoms with Crippen molar-refractivity contribution in [2.75, 3.05) is 18.4 Å². The SMILES string of the molecule is Cc1c(CN2CCC(Nc3ncnc4sc(CC(F)(F)F)nc34)CC2)ccc2[nH]c(C#N)cc12. The van der Waals surface area contributed by atoms with E-state index in [0.29, 0.717) is 21.9 Å². The third-order valence-corrected chi connectivity index (χ3v) is 7.18. The lowest BCUT2D eigenvalue weighted by molar-refractivity contribution is -0.127. The summed E-state index contributed by atoms with van der Waals surface area (Å²) in [5, 5.41) is 13.6. The second-order valence-electron chi connectivity index (χ2n) is 8.58. The number of alkyl halides is 3. The molecule has 4 heterocycles. The van der Waals surface area contributed by atoms with Crippen LogP contribution in [0.3, 0.4) is 0 Å². The number of rotatable bonds is 5. The number of anilines is 1. The van der Waals surface area contributed by atoms with E-state index in [1.807, 2.05) is 12.1 Å². The van der Waals surface area contributed by atoms with Gasteiger partial charge < -0.3 is 10.3 Å². The van der Waals surface area contributed by atoms with Gasteiger partial charge in [0.15, 0.2) is 5.82 Å². The number of aromatic amines is 1. The van der Waals surface area contributed by atoms with Crippen LogP contribution in [0.25, 0.3) is 21.3 Å². The minimum atomic E-state index is -4.30. The molecule has 1 saturated heterocycles. The number of hydrogen-bond acceptors (Lipinski definition) is 7. The number of thiazole rings is 1. The molecule has 0 radical (unpaired) electrons. The van der Waals surface area contributed by atoms with E-state index in [1.54, 1.807) is 0 Å². The number of nitriles is 1. The first-order valence-corrected chi connectivity index (χ1v) is 11.8. The van der Waals surface area contributed by atoms with Gasteiger partial charge in [0.1, 0.15) is 33.4 Å². The normalized spacial score (nSPS) is 15.7. The van der Waals surface area contributed by atoms with Gasteiger partial charge in [-0.2, -0.15) is 18.4 Å². The summed E-state index contributed by atoms with van der Waals surface area (Å²) < 4.78 is 38.3. The van der Waals surface area contributed by atoms with E-state index in [1.165, 1.54) is 17.5 Å². The van der Waals surface area contributed by atoms with Crippen LogP contribution in [-0.2, 0) is 13.0 Å². The van der Waals surface area contributed by atoms with Crippen LogP contribution in [0.15, 0.2) is 24.5 Å². The molecule has 7 nitrogen and oxygen atoms in total. The van der Waals surface area contributed by atoms with Crippen molar-refractivity contribution >= 4 is 38.4 Å². The molecule has 5 rings (SSSR count). The molecule has 34 heavy (non-hydrogen) atoms. The molecule has 4 aromatic rings. The number of piperidine rings is 1. The summed E-state index contributed by atoms with van der Waals surface area (Å²) in [6.07, 6.45) is -2.22. The number of nitrogens with one attached hydrogen (secondary N) is 2. The second kappa shape index (κ2) is 8.85. The summed E-state index contributed by atoms with van der Waals surface area (Å²) in [5.74, 6) is 0.496. The standard InChI is InChI=1S/C23H22F3N7S/c1-13-14(2-3-18-17(13)8-16(10-27)30-18)11-33-6-4-15(5-7-33)31-21-20-22(29-12-28-21)34-19(32-20)9-23(24,25)26/h2-3,8,12,15,30H,4-7,9,11H2,1H3,(H,28,29,31). The van der Waals surface area contributed by atoms with Gasteiger partial charge in [-0.15, -0.1) is 0 Å². The fourth-order valence-electron chi connectivity index (χ4n) is 4.45. The zero-order valence-electron chi connectivity index (χ0n) is 18.4. The van der Waals surface area contributed by atoms with Crippen LogP contribution >= 0.6 is 11.3 Å². The van der Waals surface area contributed by atoms with E-state index >= 15 is 0 Å². The number of likely N-dealkylation sites (tertiary alicyclic amines) is 1. The first-order valence-electron chi connectivity index (χ1n) is 11.0. The van der Waals surface area contributed by atoms with Gasteiger partial charge >= 0.3 is 6.18 Å². The van der Waals surface area contributed by atoms with Crippen LogP contribution in [0, 0.1) is 18.3 Å². The Morgan fingerprint density at radius 3 is 2.79 bits per heavy atom. The zero-order chi connectivity index (χ0) is 23.9. The van der Waals surface area contributed by atoms with Crippen molar-refractivity contribution in [1.82, 2.24) is 24.8 Å². The largest absolute Gasteiger partial charge is 0.395 e. The molecule has 11 heteroatoms. The van der Waals surface area contributed by atoms with Gasteiger partial charge in [0.25, 0.3) is 0 Å². The summed E-state index contributed by atoms with van der Waals surface area (Å²) in [7, 11) is 0. The van der Waals surface area contributed by atoms with Gasteiger partial charge in [-0.25, -0.2) is 15.0 Å². The monoisotopic (exact) mass is 485 g/mol. The third-order valence-electron chi connectivity index (χ3n) is 6.22. The summed E-state index contributed by atoms with van der Waals surface area (Å²) >= 11 is 0.956. The minimum absolute atomic E-state index is 0.00230. The predicted octanol–water partition coefficient (Wildman–Crippen LogP) is 4.93. The molecule has 0 aliphatic carbocycles. The molecular weight excluding hydrogens is 463 g/mol. The summed E-state index contributed by atoms with van der Waals surface area (Å²) in [5.41, 5.74) is 4.35. The van der Waals surface area contributed by atoms with Gasteiger partial charge in [-0.05, 0) is 43.0 Å². The van der Waals surface area contributed by atoms with E-state index in [-0.39, 0.29) is 11.0 Å². The Bertz CT molecular complexity index is 1380. The van der Waals surface area contributed by atoms with Crippen molar-refractivity contribution < 1.29 is 13.2 Å². The smallest absolute Gasteiger partial charge is 0.365 e. The van der Waals surface area contributed by atoms with E-state index in [4.69, 9.17) is 5.26 Å². The highest BCUT2D eigenvalue weighted by atomic mass is 32.1. The number of halogens is 3. The van der Waals surface area contributed by atoms with Crippen molar-refractivity contribution in [1.29, 1.82) is 5.26 Å². The Morgan fingerprint density at radius 2 is 2.06 bits per heavy atom. The maximum Gasteiger partial charge on any atom is 0.395 e. The van der Waals surface area contributed by atoms with Gasteiger partial charge in [-0.1, -0.05) is 17.4 Å². The molecule has 1 aliphatic rings. The first kappa shape index (κ1) is 22.6. The van der Waals surface area contributed by atoms with Crippen molar-refractivity contribution in [3.8, 4) is 6.07 Å². The predicted molar refractivity (Wildman–Crippen MR) is 125 cm³/mol. The highest BCUT2D eigenvalue weighted by Crippen LogP contribution is 2.30. The Kier molecular flexibility index (Phi) is 5.87. The quantitative estimate of drug-likeness (QED) is 0.416. The lowest BCUT2D eigenvalue weighted by Crippen LogP contribution is -2.39. The van der Waals surface area contributed by atoms with Crippen LogP contribution in [0.4, 0.5) is 19.0 Å². The fraction of sp³-hybridized carbons (Fsp3) is 0.391. The van der Waals surface area contributed by atoms with Crippen LogP contribution in [0.1, 0.15) is 34.7 Å². The molecule has 1 aliphatic heterocycles. The summed E-state index contributed by atoms with van der Waals surface area (Å²) in [6.45, 7) is 4.68. The summed E-state index contributed by atoms with van der Waals surface area (Å²) in [6, 6.07) is 8.34. The van der Waals surface area contributed by atoms with E-state index in [0.717, 1.165) is 54.7 Å². The van der Waals surface area contributed by atoms with Gasteiger partial charge in [-0.3, -0.25) is 4.90 Å². The zero-order valence-corrected chi connectivity index (χ0v) is 19.2. The number of fused-ring (bicyclic) bond motifs is 2. The number of H-pyrrole nitrogens is 1. The lowest BCUT2D eigenvalue weighted by Gasteiger charge is -2.33. The lowest BCUT2D eigenvalue weighted by atomic mass is 10.0. The Hall–Kier alpha value is -3.23. The molecule has 0 bridgehead atoms. The number of hydrogen-bond donors (Lipinski definition) is 2. The molecule has 0 atom stereocenters. The van der Waals surface area contributed by atoms with Gasteiger partial charge in [0.05, 0.1) is 6.42 Å². The number of aryl methyl sites for hydroxylation is 1. The van der Waals surface area contributed by atoms with E-state index < -0.39 is 12.6 Å². The molecule has 2 N–H and O–H groups in total. The van der Waals surface area contributed by atoms with Gasteiger partial charge in [0.2, 0.25) is 0 Å². The van der Waals surface area contributed by atoms with Crippen molar-refractivity contribution in [2.24, 2.45) is 0 Å². The van der Waals surface area contributed by atoms with Crippen molar-refractivity contribution in [2.45, 2.75) is 44.9 Å². The molecular formula is C23H22F3N7S. The Morgan fingerprint density at radius 1 is 1.26 bits per heavy atom. The Balaban J connectivity index is 1.23. The average molecular weight is 486 g/mol. The Labute approximate surface area is 197 Å². The fourth-order valence-corrected chi connectivity index (χ4v) is 5.38. The first-order chi connectivity index (χ1) is 16.3. The molecule has 1 fully saturated rings. The van der Waals surface area contributed by atoms with Crippen LogP contribution in [0.5, 0.6) is 0 Å². The molecule has 176 valence electrons. The molecule has 0 saturated carbocycles. The highest BCUT2D eigenvalue weighted by molar-refractivity contribution is 7.18. The number of nitrogens with zero attached hydrogens (tertiary/aromatic N) is 5. The number of benzene rings is 1. The number of aromatic nitrogens is 4. The van der Waals surface area contributed by atoms with Crippen LogP contribution in [-0.4, -0.2) is 50.1 Å². The third kappa shape index (κ3) is 4.69. The van der Waals surface area contributed by atoms with Crippen LogP contribution in [0.2, 0.25) is 0 Å². The van der Waals surface area contributed by atoms with Crippen LogP contribution < -0.4 is 5.32 Å². The second-order valence-corrected chi connectivity index (χ2v) is 9.64.